The summed E-state index contributed by atoms with van der Waals surface area (Å²) < 4.78 is 38.1. The van der Waals surface area contributed by atoms with Crippen molar-refractivity contribution in [3.8, 4) is 17.2 Å². The number of halogens is 3. The number of aromatic nitrogens is 1. The lowest BCUT2D eigenvalue weighted by Gasteiger charge is -2.07. The van der Waals surface area contributed by atoms with Crippen molar-refractivity contribution in [3.63, 3.8) is 0 Å². The Morgan fingerprint density at radius 2 is 1.64 bits per heavy atom. The van der Waals surface area contributed by atoms with Gasteiger partial charge >= 0.3 is 6.18 Å². The van der Waals surface area contributed by atoms with E-state index in [1.165, 1.54) is 18.2 Å². The van der Waals surface area contributed by atoms with Crippen LogP contribution < -0.4 is 5.32 Å². The summed E-state index contributed by atoms with van der Waals surface area (Å²) in [5, 5.41) is 30.8. The van der Waals surface area contributed by atoms with Crippen molar-refractivity contribution < 1.29 is 33.3 Å². The van der Waals surface area contributed by atoms with Gasteiger partial charge in [0.25, 0.3) is 5.91 Å². The molecular weight excluding hydrogens is 341 g/mol. The highest BCUT2D eigenvalue weighted by Crippen LogP contribution is 2.36. The molecule has 0 saturated heterocycles. The maximum absolute atomic E-state index is 12.7. The summed E-state index contributed by atoms with van der Waals surface area (Å²) in [6.45, 7) is 0. The Kier molecular flexibility index (Phi) is 3.71. The number of aromatic hydroxyl groups is 3. The molecule has 6 nitrogen and oxygen atoms in total. The van der Waals surface area contributed by atoms with Crippen LogP contribution in [-0.2, 0) is 6.18 Å². The van der Waals surface area contributed by atoms with Crippen LogP contribution in [0.25, 0.3) is 10.9 Å². The second kappa shape index (κ2) is 5.62. The fraction of sp³-hybridized carbons (Fsp3) is 0.0625. The molecule has 5 N–H and O–H groups in total. The van der Waals surface area contributed by atoms with E-state index >= 15 is 0 Å². The highest BCUT2D eigenvalue weighted by atomic mass is 19.4. The Hall–Kier alpha value is -3.36. The quantitative estimate of drug-likeness (QED) is 0.455. The van der Waals surface area contributed by atoms with Gasteiger partial charge in [0.2, 0.25) is 0 Å². The normalized spacial score (nSPS) is 11.6. The van der Waals surface area contributed by atoms with E-state index < -0.39 is 35.0 Å². The molecule has 2 aromatic carbocycles. The minimum Gasteiger partial charge on any atom is -0.504 e. The van der Waals surface area contributed by atoms with Crippen LogP contribution in [0.5, 0.6) is 17.2 Å². The summed E-state index contributed by atoms with van der Waals surface area (Å²) >= 11 is 0. The number of aromatic amines is 1. The first-order chi connectivity index (χ1) is 11.6. The lowest BCUT2D eigenvalue weighted by Crippen LogP contribution is -2.11. The summed E-state index contributed by atoms with van der Waals surface area (Å²) in [5.41, 5.74) is -0.570. The molecule has 0 unspecified atom stereocenters. The maximum atomic E-state index is 12.7. The summed E-state index contributed by atoms with van der Waals surface area (Å²) in [7, 11) is 0. The lowest BCUT2D eigenvalue weighted by molar-refractivity contribution is -0.140. The van der Waals surface area contributed by atoms with Gasteiger partial charge in [0, 0.05) is 22.2 Å². The van der Waals surface area contributed by atoms with Crippen LogP contribution in [0.4, 0.5) is 18.9 Å². The predicted octanol–water partition coefficient (Wildman–Crippen LogP) is 3.56. The SMILES string of the molecule is O=C(Nc1ccc2[nH]c(C(F)(F)F)cc2c1)c1cc(O)c(O)c(O)c1. The van der Waals surface area contributed by atoms with E-state index in [2.05, 4.69) is 10.3 Å². The van der Waals surface area contributed by atoms with Gasteiger partial charge in [-0.05, 0) is 36.4 Å². The van der Waals surface area contributed by atoms with Gasteiger partial charge < -0.3 is 25.6 Å². The third-order valence-electron chi connectivity index (χ3n) is 3.52. The number of carbonyl (C=O) groups is 1. The van der Waals surface area contributed by atoms with Crippen molar-refractivity contribution in [2.24, 2.45) is 0 Å². The van der Waals surface area contributed by atoms with Gasteiger partial charge in [0.15, 0.2) is 17.2 Å². The molecule has 25 heavy (non-hydrogen) atoms. The molecule has 0 fully saturated rings. The van der Waals surface area contributed by atoms with Crippen molar-refractivity contribution >= 4 is 22.5 Å². The van der Waals surface area contributed by atoms with E-state index in [0.717, 1.165) is 18.2 Å². The first kappa shape index (κ1) is 16.5. The fourth-order valence-electron chi connectivity index (χ4n) is 2.30. The number of phenolic OH excluding ortho intramolecular Hbond substituents is 3. The average molecular weight is 352 g/mol. The number of rotatable bonds is 2. The number of phenols is 3. The minimum atomic E-state index is -4.51. The number of carbonyl (C=O) groups excluding carboxylic acids is 1. The van der Waals surface area contributed by atoms with Gasteiger partial charge in [-0.15, -0.1) is 0 Å². The third-order valence-corrected chi connectivity index (χ3v) is 3.52. The zero-order valence-corrected chi connectivity index (χ0v) is 12.3. The molecule has 0 spiro atoms. The van der Waals surface area contributed by atoms with Crippen LogP contribution in [0.1, 0.15) is 16.1 Å². The monoisotopic (exact) mass is 352 g/mol. The molecule has 0 saturated carbocycles. The van der Waals surface area contributed by atoms with Crippen molar-refractivity contribution in [2.45, 2.75) is 6.18 Å². The molecule has 1 aromatic heterocycles. The molecule has 9 heteroatoms. The molecule has 0 aliphatic carbocycles. The Morgan fingerprint density at radius 1 is 1.00 bits per heavy atom. The van der Waals surface area contributed by atoms with E-state index in [0.29, 0.717) is 0 Å². The highest BCUT2D eigenvalue weighted by molar-refractivity contribution is 6.05. The van der Waals surface area contributed by atoms with Gasteiger partial charge in [-0.25, -0.2) is 0 Å². The number of alkyl halides is 3. The number of anilines is 1. The van der Waals surface area contributed by atoms with Crippen LogP contribution >= 0.6 is 0 Å². The topological polar surface area (TPSA) is 106 Å². The summed E-state index contributed by atoms with van der Waals surface area (Å²) in [6, 6.07) is 6.94. The number of H-pyrrole nitrogens is 1. The number of nitrogens with one attached hydrogen (secondary N) is 2. The predicted molar refractivity (Wildman–Crippen MR) is 82.7 cm³/mol. The van der Waals surface area contributed by atoms with E-state index in [9.17, 15) is 33.3 Å². The van der Waals surface area contributed by atoms with Crippen LogP contribution in [0.15, 0.2) is 36.4 Å². The molecule has 130 valence electrons. The first-order valence-electron chi connectivity index (χ1n) is 6.91. The Labute approximate surface area is 138 Å². The van der Waals surface area contributed by atoms with E-state index in [-0.39, 0.29) is 22.2 Å². The molecule has 0 aliphatic rings. The molecule has 3 aromatic rings. The van der Waals surface area contributed by atoms with Crippen LogP contribution in [0, 0.1) is 0 Å². The summed E-state index contributed by atoms with van der Waals surface area (Å²) in [4.78, 5) is 14.4. The van der Waals surface area contributed by atoms with Crippen LogP contribution in [-0.4, -0.2) is 26.2 Å². The molecule has 3 rings (SSSR count). The van der Waals surface area contributed by atoms with Gasteiger partial charge in [-0.3, -0.25) is 4.79 Å². The maximum Gasteiger partial charge on any atom is 0.431 e. The largest absolute Gasteiger partial charge is 0.504 e. The number of benzene rings is 2. The molecule has 1 amide bonds. The van der Waals surface area contributed by atoms with Gasteiger partial charge in [0.1, 0.15) is 5.69 Å². The number of amides is 1. The average Bonchev–Trinajstić information content (AvgIpc) is 2.95. The summed E-state index contributed by atoms with van der Waals surface area (Å²) in [6.07, 6.45) is -4.51. The highest BCUT2D eigenvalue weighted by Gasteiger charge is 2.32. The number of fused-ring (bicyclic) bond motifs is 1. The molecule has 0 atom stereocenters. The van der Waals surface area contributed by atoms with Crippen molar-refractivity contribution in [1.82, 2.24) is 4.98 Å². The first-order valence-corrected chi connectivity index (χ1v) is 6.91. The second-order valence-corrected chi connectivity index (χ2v) is 5.30. The van der Waals surface area contributed by atoms with Crippen LogP contribution in [0.3, 0.4) is 0 Å². The molecule has 0 bridgehead atoms. The van der Waals surface area contributed by atoms with Gasteiger partial charge in [0.05, 0.1) is 0 Å². The van der Waals surface area contributed by atoms with E-state index in [1.807, 2.05) is 0 Å². The smallest absolute Gasteiger partial charge is 0.431 e. The number of hydrogen-bond donors (Lipinski definition) is 5. The second-order valence-electron chi connectivity index (χ2n) is 5.30. The zero-order chi connectivity index (χ0) is 18.4. The Morgan fingerprint density at radius 3 is 2.24 bits per heavy atom. The Balaban J connectivity index is 1.88. The van der Waals surface area contributed by atoms with Crippen LogP contribution in [0.2, 0.25) is 0 Å². The van der Waals surface area contributed by atoms with Crippen molar-refractivity contribution in [1.29, 1.82) is 0 Å². The third kappa shape index (κ3) is 3.16. The zero-order valence-electron chi connectivity index (χ0n) is 12.3. The standard InChI is InChI=1S/C16H11F3N2O4/c17-16(18,19)13-6-7-3-9(1-2-10(7)21-13)20-15(25)8-4-11(22)14(24)12(23)5-8/h1-6,21-24H,(H,20,25). The molecule has 1 heterocycles. The Bertz CT molecular complexity index is 956. The summed E-state index contributed by atoms with van der Waals surface area (Å²) in [5.74, 6) is -2.84. The van der Waals surface area contributed by atoms with Crippen molar-refractivity contribution in [2.75, 3.05) is 5.32 Å². The fourth-order valence-corrected chi connectivity index (χ4v) is 2.30. The molecule has 0 aliphatic heterocycles. The number of hydrogen-bond acceptors (Lipinski definition) is 4. The lowest BCUT2D eigenvalue weighted by atomic mass is 10.1. The minimum absolute atomic E-state index is 0.141. The van der Waals surface area contributed by atoms with Gasteiger partial charge in [-0.1, -0.05) is 0 Å². The van der Waals surface area contributed by atoms with E-state index in [4.69, 9.17) is 0 Å². The molecular formula is C16H11F3N2O4. The van der Waals surface area contributed by atoms with Gasteiger partial charge in [-0.2, -0.15) is 13.2 Å². The van der Waals surface area contributed by atoms with Crippen molar-refractivity contribution in [3.05, 3.63) is 47.7 Å². The van der Waals surface area contributed by atoms with E-state index in [1.54, 1.807) is 0 Å². The molecule has 0 radical (unpaired) electrons.